The van der Waals surface area contributed by atoms with E-state index in [0.717, 1.165) is 23.5 Å². The second kappa shape index (κ2) is 9.31. The van der Waals surface area contributed by atoms with Crippen LogP contribution in [0.4, 0.5) is 24.4 Å². The molecule has 0 saturated heterocycles. The Morgan fingerprint density at radius 3 is 2.47 bits per heavy atom. The molecule has 2 aromatic carbocycles. The number of aryl methyl sites for hydroxylation is 1. The second-order valence-electron chi connectivity index (χ2n) is 6.10. The lowest BCUT2D eigenvalue weighted by atomic mass is 10.2. The van der Waals surface area contributed by atoms with Gasteiger partial charge in [0.05, 0.1) is 18.5 Å². The number of benzene rings is 2. The first-order valence-corrected chi connectivity index (χ1v) is 9.60. The molecule has 10 heteroatoms. The monoisotopic (exact) mass is 432 g/mol. The van der Waals surface area contributed by atoms with Crippen molar-refractivity contribution in [3.63, 3.8) is 0 Å². The maximum atomic E-state index is 13.7. The summed E-state index contributed by atoms with van der Waals surface area (Å²) in [5, 5.41) is 7.85. The quantitative estimate of drug-likeness (QED) is 0.541. The number of para-hydroxylation sites is 2. The SMILES string of the molecule is COc1ccccc1NC(=O)Nc1nc(C)c(C(=O)NCc2c(F)cccc2F)s1. The number of anilines is 2. The average molecular weight is 432 g/mol. The van der Waals surface area contributed by atoms with Crippen LogP contribution in [-0.2, 0) is 6.54 Å². The molecule has 1 heterocycles. The molecule has 30 heavy (non-hydrogen) atoms. The summed E-state index contributed by atoms with van der Waals surface area (Å²) >= 11 is 0.946. The molecule has 3 rings (SSSR count). The zero-order valence-corrected chi connectivity index (χ0v) is 16.9. The number of hydrogen-bond donors (Lipinski definition) is 3. The van der Waals surface area contributed by atoms with Gasteiger partial charge in [-0.15, -0.1) is 0 Å². The van der Waals surface area contributed by atoms with E-state index in [9.17, 15) is 18.4 Å². The summed E-state index contributed by atoms with van der Waals surface area (Å²) in [6.45, 7) is 1.28. The lowest BCUT2D eigenvalue weighted by Crippen LogP contribution is -2.23. The number of nitrogens with one attached hydrogen (secondary N) is 3. The molecule has 156 valence electrons. The Balaban J connectivity index is 1.64. The van der Waals surface area contributed by atoms with Crippen molar-refractivity contribution in [3.05, 3.63) is 70.2 Å². The fraction of sp³-hybridized carbons (Fsp3) is 0.150. The van der Waals surface area contributed by atoms with E-state index in [4.69, 9.17) is 4.74 Å². The number of urea groups is 1. The third-order valence-electron chi connectivity index (χ3n) is 4.07. The summed E-state index contributed by atoms with van der Waals surface area (Å²) in [6.07, 6.45) is 0. The molecule has 3 aromatic rings. The number of carbonyl (C=O) groups excluding carboxylic acids is 2. The first-order valence-electron chi connectivity index (χ1n) is 8.78. The topological polar surface area (TPSA) is 92.3 Å². The predicted molar refractivity (Wildman–Crippen MR) is 110 cm³/mol. The minimum Gasteiger partial charge on any atom is -0.495 e. The molecule has 3 N–H and O–H groups in total. The lowest BCUT2D eigenvalue weighted by Gasteiger charge is -2.09. The summed E-state index contributed by atoms with van der Waals surface area (Å²) < 4.78 is 32.6. The number of amides is 3. The normalized spacial score (nSPS) is 10.4. The maximum Gasteiger partial charge on any atom is 0.325 e. The van der Waals surface area contributed by atoms with Gasteiger partial charge in [0.15, 0.2) is 5.13 Å². The largest absolute Gasteiger partial charge is 0.495 e. The highest BCUT2D eigenvalue weighted by atomic mass is 32.1. The van der Waals surface area contributed by atoms with Crippen LogP contribution in [-0.4, -0.2) is 24.0 Å². The van der Waals surface area contributed by atoms with E-state index in [2.05, 4.69) is 20.9 Å². The number of halogens is 2. The number of nitrogens with zero attached hydrogens (tertiary/aromatic N) is 1. The first-order chi connectivity index (χ1) is 14.4. The first kappa shape index (κ1) is 21.2. The maximum absolute atomic E-state index is 13.7. The summed E-state index contributed by atoms with van der Waals surface area (Å²) in [5.41, 5.74) is 0.609. The molecule has 0 unspecified atom stereocenters. The highest BCUT2D eigenvalue weighted by molar-refractivity contribution is 7.17. The van der Waals surface area contributed by atoms with Crippen LogP contribution < -0.4 is 20.7 Å². The molecule has 0 fully saturated rings. The van der Waals surface area contributed by atoms with Gasteiger partial charge in [-0.05, 0) is 31.2 Å². The van der Waals surface area contributed by atoms with Crippen LogP contribution in [0.2, 0.25) is 0 Å². The third-order valence-corrected chi connectivity index (χ3v) is 5.14. The molecule has 0 aliphatic rings. The number of hydrogen-bond acceptors (Lipinski definition) is 5. The van der Waals surface area contributed by atoms with Crippen molar-refractivity contribution < 1.29 is 23.1 Å². The van der Waals surface area contributed by atoms with Gasteiger partial charge in [0, 0.05) is 12.1 Å². The van der Waals surface area contributed by atoms with Crippen molar-refractivity contribution in [2.75, 3.05) is 17.7 Å². The molecular weight excluding hydrogens is 414 g/mol. The standard InChI is InChI=1S/C20H18F2N4O3S/c1-11-17(18(27)23-10-12-13(21)6-5-7-14(12)22)30-20(24-11)26-19(28)25-15-8-3-4-9-16(15)29-2/h3-9H,10H2,1-2H3,(H,23,27)(H2,24,25,26,28). The van der Waals surface area contributed by atoms with E-state index in [0.29, 0.717) is 17.1 Å². The van der Waals surface area contributed by atoms with Gasteiger partial charge >= 0.3 is 6.03 Å². The Labute approximate surface area is 175 Å². The average Bonchev–Trinajstić information content (AvgIpc) is 3.07. The summed E-state index contributed by atoms with van der Waals surface area (Å²) in [7, 11) is 1.49. The van der Waals surface area contributed by atoms with Crippen molar-refractivity contribution in [1.29, 1.82) is 0 Å². The van der Waals surface area contributed by atoms with Crippen molar-refractivity contribution in [1.82, 2.24) is 10.3 Å². The lowest BCUT2D eigenvalue weighted by molar-refractivity contribution is 0.0953. The highest BCUT2D eigenvalue weighted by Crippen LogP contribution is 2.25. The summed E-state index contributed by atoms with van der Waals surface area (Å²) in [6, 6.07) is 9.80. The molecule has 0 atom stereocenters. The van der Waals surface area contributed by atoms with Crippen LogP contribution in [0, 0.1) is 18.6 Å². The van der Waals surface area contributed by atoms with Gasteiger partial charge in [0.1, 0.15) is 22.3 Å². The minimum absolute atomic E-state index is 0.196. The predicted octanol–water partition coefficient (Wildman–Crippen LogP) is 4.31. The van der Waals surface area contributed by atoms with Crippen LogP contribution in [0.15, 0.2) is 42.5 Å². The molecule has 7 nitrogen and oxygen atoms in total. The fourth-order valence-electron chi connectivity index (χ4n) is 2.61. The molecule has 0 saturated carbocycles. The van der Waals surface area contributed by atoms with Crippen molar-refractivity contribution in [2.45, 2.75) is 13.5 Å². The molecule has 0 radical (unpaired) electrons. The van der Waals surface area contributed by atoms with Crippen molar-refractivity contribution >= 4 is 34.1 Å². The minimum atomic E-state index is -0.744. The van der Waals surface area contributed by atoms with Crippen molar-refractivity contribution in [3.8, 4) is 5.75 Å². The van der Waals surface area contributed by atoms with E-state index in [1.807, 2.05) is 0 Å². The van der Waals surface area contributed by atoms with Gasteiger partial charge in [0.25, 0.3) is 5.91 Å². The van der Waals surface area contributed by atoms with E-state index in [1.165, 1.54) is 13.2 Å². The highest BCUT2D eigenvalue weighted by Gasteiger charge is 2.18. The van der Waals surface area contributed by atoms with Gasteiger partial charge in [-0.2, -0.15) is 0 Å². The number of rotatable bonds is 6. The summed E-state index contributed by atoms with van der Waals surface area (Å²) in [5.74, 6) is -1.55. The van der Waals surface area contributed by atoms with Gasteiger partial charge < -0.3 is 15.4 Å². The van der Waals surface area contributed by atoms with E-state index in [1.54, 1.807) is 31.2 Å². The van der Waals surface area contributed by atoms with Crippen LogP contribution in [0.3, 0.4) is 0 Å². The number of aromatic nitrogens is 1. The van der Waals surface area contributed by atoms with Crippen LogP contribution in [0.25, 0.3) is 0 Å². The van der Waals surface area contributed by atoms with Crippen LogP contribution in [0.5, 0.6) is 5.75 Å². The smallest absolute Gasteiger partial charge is 0.325 e. The molecule has 1 aromatic heterocycles. The zero-order valence-electron chi connectivity index (χ0n) is 16.1. The Morgan fingerprint density at radius 2 is 1.77 bits per heavy atom. The number of ether oxygens (including phenoxy) is 1. The Kier molecular flexibility index (Phi) is 6.58. The van der Waals surface area contributed by atoms with Gasteiger partial charge in [0.2, 0.25) is 0 Å². The molecule has 3 amide bonds. The molecule has 0 aliphatic heterocycles. The molecule has 0 spiro atoms. The van der Waals surface area contributed by atoms with Gasteiger partial charge in [-0.25, -0.2) is 18.6 Å². The Hall–Kier alpha value is -3.53. The summed E-state index contributed by atoms with van der Waals surface area (Å²) in [4.78, 5) is 29.0. The number of thiazole rings is 1. The number of carbonyl (C=O) groups is 2. The van der Waals surface area contributed by atoms with Gasteiger partial charge in [-0.3, -0.25) is 10.1 Å². The fourth-order valence-corrected chi connectivity index (χ4v) is 3.49. The molecular formula is C20H18F2N4O3S. The van der Waals surface area contributed by atoms with E-state index < -0.39 is 23.6 Å². The van der Waals surface area contributed by atoms with Crippen molar-refractivity contribution in [2.24, 2.45) is 0 Å². The van der Waals surface area contributed by atoms with E-state index in [-0.39, 0.29) is 22.1 Å². The molecule has 0 aliphatic carbocycles. The van der Waals surface area contributed by atoms with Crippen LogP contribution >= 0.6 is 11.3 Å². The Morgan fingerprint density at radius 1 is 1.07 bits per heavy atom. The van der Waals surface area contributed by atoms with Crippen LogP contribution in [0.1, 0.15) is 20.9 Å². The third kappa shape index (κ3) is 4.90. The Bertz CT molecular complexity index is 1070. The van der Waals surface area contributed by atoms with E-state index >= 15 is 0 Å². The zero-order chi connectivity index (χ0) is 21.7. The number of methoxy groups -OCH3 is 1. The second-order valence-corrected chi connectivity index (χ2v) is 7.09. The molecule has 0 bridgehead atoms. The van der Waals surface area contributed by atoms with Gasteiger partial charge in [-0.1, -0.05) is 29.5 Å².